The minimum atomic E-state index is -0.755. The van der Waals surface area contributed by atoms with E-state index in [-0.39, 0.29) is 5.97 Å². The van der Waals surface area contributed by atoms with Gasteiger partial charge in [0.2, 0.25) is 0 Å². The number of carboxylic acids is 1. The zero-order valence-electron chi connectivity index (χ0n) is 15.6. The van der Waals surface area contributed by atoms with Crippen molar-refractivity contribution in [3.05, 3.63) is 24.3 Å². The third-order valence-electron chi connectivity index (χ3n) is 4.13. The maximum absolute atomic E-state index is 11.7. The molecule has 1 aromatic carbocycles. The van der Waals surface area contributed by atoms with Gasteiger partial charge in [-0.05, 0) is 76.3 Å². The second-order valence-electron chi connectivity index (χ2n) is 7.23. The van der Waals surface area contributed by atoms with Gasteiger partial charge in [-0.1, -0.05) is 0 Å². The molecule has 0 aromatic heterocycles. The second kappa shape index (κ2) is 9.53. The largest absolute Gasteiger partial charge is 0.481 e. The van der Waals surface area contributed by atoms with Crippen LogP contribution >= 0.6 is 23.5 Å². The van der Waals surface area contributed by atoms with Gasteiger partial charge in [0, 0.05) is 9.79 Å². The van der Waals surface area contributed by atoms with Crippen molar-refractivity contribution in [3.63, 3.8) is 0 Å². The Morgan fingerprint density at radius 3 is 1.68 bits per heavy atom. The molecule has 0 bridgehead atoms. The number of benzene rings is 1. The maximum Gasteiger partial charge on any atom is 0.311 e. The Bertz CT molecular complexity index is 580. The maximum atomic E-state index is 11.7. The van der Waals surface area contributed by atoms with E-state index in [1.54, 1.807) is 37.4 Å². The summed E-state index contributed by atoms with van der Waals surface area (Å²) < 4.78 is 4.82. The summed E-state index contributed by atoms with van der Waals surface area (Å²) in [6.07, 6.45) is 1.39. The number of aliphatic carboxylic acids is 1. The Hall–Kier alpha value is -1.14. The molecule has 140 valence electrons. The molecule has 0 radical (unpaired) electrons. The molecule has 0 aliphatic carbocycles. The predicted molar refractivity (Wildman–Crippen MR) is 104 cm³/mol. The van der Waals surface area contributed by atoms with Crippen molar-refractivity contribution in [2.45, 2.75) is 50.3 Å². The van der Waals surface area contributed by atoms with Gasteiger partial charge in [-0.2, -0.15) is 0 Å². The summed E-state index contributed by atoms with van der Waals surface area (Å²) in [7, 11) is 1.42. The highest BCUT2D eigenvalue weighted by Gasteiger charge is 2.28. The molecule has 0 saturated heterocycles. The van der Waals surface area contributed by atoms with Crippen LogP contribution in [0.5, 0.6) is 0 Å². The summed E-state index contributed by atoms with van der Waals surface area (Å²) in [5.74, 6) is 0.694. The van der Waals surface area contributed by atoms with Gasteiger partial charge in [0.15, 0.2) is 0 Å². The first-order valence-corrected chi connectivity index (χ1v) is 10.2. The van der Waals surface area contributed by atoms with Gasteiger partial charge in [-0.3, -0.25) is 9.59 Å². The van der Waals surface area contributed by atoms with Crippen LogP contribution in [0.3, 0.4) is 0 Å². The van der Waals surface area contributed by atoms with Gasteiger partial charge in [0.1, 0.15) is 0 Å². The Balaban J connectivity index is 2.41. The highest BCUT2D eigenvalue weighted by molar-refractivity contribution is 7.99. The molecule has 25 heavy (non-hydrogen) atoms. The number of hydrogen-bond donors (Lipinski definition) is 1. The van der Waals surface area contributed by atoms with Gasteiger partial charge in [-0.15, -0.1) is 23.5 Å². The average molecular weight is 385 g/mol. The Morgan fingerprint density at radius 1 is 0.920 bits per heavy atom. The van der Waals surface area contributed by atoms with Gasteiger partial charge in [0.05, 0.1) is 17.9 Å². The van der Waals surface area contributed by atoms with E-state index in [0.29, 0.717) is 6.42 Å². The standard InChI is InChI=1S/C19H28O4S2/c1-18(2,16(20)21)10-12-24-14-6-8-15(9-7-14)25-13-11-19(3,4)17(22)23-5/h6-9H,10-13H2,1-5H3,(H,20,21). The van der Waals surface area contributed by atoms with Crippen LogP contribution < -0.4 is 0 Å². The highest BCUT2D eigenvalue weighted by atomic mass is 32.2. The molecular weight excluding hydrogens is 356 g/mol. The first-order valence-electron chi connectivity index (χ1n) is 8.26. The summed E-state index contributed by atoms with van der Waals surface area (Å²) in [6, 6.07) is 8.26. The lowest BCUT2D eigenvalue weighted by Crippen LogP contribution is -2.26. The van der Waals surface area contributed by atoms with E-state index in [1.807, 2.05) is 13.8 Å². The molecule has 0 aliphatic heterocycles. The number of hydrogen-bond acceptors (Lipinski definition) is 5. The lowest BCUT2D eigenvalue weighted by atomic mass is 9.91. The zero-order valence-corrected chi connectivity index (χ0v) is 17.3. The van der Waals surface area contributed by atoms with E-state index in [0.717, 1.165) is 27.7 Å². The lowest BCUT2D eigenvalue weighted by Gasteiger charge is -2.20. The van der Waals surface area contributed by atoms with E-state index < -0.39 is 16.8 Å². The van der Waals surface area contributed by atoms with Crippen LogP contribution in [-0.4, -0.2) is 35.7 Å². The van der Waals surface area contributed by atoms with Gasteiger partial charge >= 0.3 is 11.9 Å². The minimum absolute atomic E-state index is 0.177. The molecule has 4 nitrogen and oxygen atoms in total. The summed E-state index contributed by atoms with van der Waals surface area (Å²) >= 11 is 3.40. The van der Waals surface area contributed by atoms with Crippen molar-refractivity contribution in [1.29, 1.82) is 0 Å². The Kier molecular flexibility index (Phi) is 8.35. The van der Waals surface area contributed by atoms with Crippen LogP contribution in [0.25, 0.3) is 0 Å². The smallest absolute Gasteiger partial charge is 0.311 e. The average Bonchev–Trinajstić information content (AvgIpc) is 2.55. The fourth-order valence-electron chi connectivity index (χ4n) is 1.97. The summed E-state index contributed by atoms with van der Waals surface area (Å²) in [6.45, 7) is 7.31. The molecular formula is C19H28O4S2. The molecule has 0 aliphatic rings. The van der Waals surface area contributed by atoms with Crippen LogP contribution in [0, 0.1) is 10.8 Å². The molecule has 1 aromatic rings. The molecule has 0 amide bonds. The van der Waals surface area contributed by atoms with Crippen LogP contribution in [0.15, 0.2) is 34.1 Å². The van der Waals surface area contributed by atoms with Crippen molar-refractivity contribution in [1.82, 2.24) is 0 Å². The van der Waals surface area contributed by atoms with Crippen LogP contribution in [0.1, 0.15) is 40.5 Å². The van der Waals surface area contributed by atoms with E-state index >= 15 is 0 Å². The van der Waals surface area contributed by atoms with Crippen molar-refractivity contribution < 1.29 is 19.4 Å². The van der Waals surface area contributed by atoms with E-state index in [9.17, 15) is 9.59 Å². The number of carbonyl (C=O) groups is 2. The molecule has 0 fully saturated rings. The highest BCUT2D eigenvalue weighted by Crippen LogP contribution is 2.30. The first-order chi connectivity index (χ1) is 11.6. The Morgan fingerprint density at radius 2 is 1.32 bits per heavy atom. The zero-order chi connectivity index (χ0) is 19.1. The lowest BCUT2D eigenvalue weighted by molar-refractivity contribution is -0.150. The third-order valence-corrected chi connectivity index (χ3v) is 6.16. The number of ether oxygens (including phenoxy) is 1. The topological polar surface area (TPSA) is 63.6 Å². The number of carbonyl (C=O) groups excluding carboxylic acids is 1. The van der Waals surface area contributed by atoms with E-state index in [1.165, 1.54) is 7.11 Å². The van der Waals surface area contributed by atoms with E-state index in [4.69, 9.17) is 9.84 Å². The Labute approximate surface area is 159 Å². The fraction of sp³-hybridized carbons (Fsp3) is 0.579. The van der Waals surface area contributed by atoms with Crippen molar-refractivity contribution in [2.75, 3.05) is 18.6 Å². The summed E-state index contributed by atoms with van der Waals surface area (Å²) in [5.41, 5.74) is -1.15. The number of esters is 1. The molecule has 0 unspecified atom stereocenters. The molecule has 0 atom stereocenters. The number of rotatable bonds is 10. The molecule has 0 spiro atoms. The quantitative estimate of drug-likeness (QED) is 0.454. The first kappa shape index (κ1) is 21.9. The molecule has 1 rings (SSSR count). The predicted octanol–water partition coefficient (Wildman–Crippen LogP) is 4.96. The molecule has 6 heteroatoms. The normalized spacial score (nSPS) is 12.0. The molecule has 0 saturated carbocycles. The van der Waals surface area contributed by atoms with Crippen LogP contribution in [0.4, 0.5) is 0 Å². The SMILES string of the molecule is COC(=O)C(C)(C)CCSc1ccc(SCCC(C)(C)C(=O)O)cc1. The third kappa shape index (κ3) is 7.32. The van der Waals surface area contributed by atoms with E-state index in [2.05, 4.69) is 24.3 Å². The second-order valence-corrected chi connectivity index (χ2v) is 9.57. The van der Waals surface area contributed by atoms with Crippen LogP contribution in [0.2, 0.25) is 0 Å². The van der Waals surface area contributed by atoms with Crippen LogP contribution in [-0.2, 0) is 14.3 Å². The monoisotopic (exact) mass is 384 g/mol. The molecule has 1 N–H and O–H groups in total. The van der Waals surface area contributed by atoms with Gasteiger partial charge in [-0.25, -0.2) is 0 Å². The summed E-state index contributed by atoms with van der Waals surface area (Å²) in [4.78, 5) is 25.1. The number of methoxy groups -OCH3 is 1. The minimum Gasteiger partial charge on any atom is -0.481 e. The fourth-order valence-corrected chi connectivity index (χ4v) is 4.32. The van der Waals surface area contributed by atoms with Gasteiger partial charge in [0.25, 0.3) is 0 Å². The number of thioether (sulfide) groups is 2. The van der Waals surface area contributed by atoms with Crippen molar-refractivity contribution in [3.8, 4) is 0 Å². The van der Waals surface area contributed by atoms with Gasteiger partial charge < -0.3 is 9.84 Å². The summed E-state index contributed by atoms with van der Waals surface area (Å²) in [5, 5.41) is 9.12. The number of carboxylic acid groups (broad SMARTS) is 1. The molecule has 0 heterocycles. The van der Waals surface area contributed by atoms with Crippen molar-refractivity contribution in [2.24, 2.45) is 10.8 Å². The van der Waals surface area contributed by atoms with Crippen molar-refractivity contribution >= 4 is 35.5 Å².